The van der Waals surface area contributed by atoms with Gasteiger partial charge >= 0.3 is 0 Å². The first kappa shape index (κ1) is 29.1. The molecule has 1 aromatic heterocycles. The van der Waals surface area contributed by atoms with Crippen molar-refractivity contribution in [1.82, 2.24) is 24.5 Å². The molecule has 5 rings (SSSR count). The van der Waals surface area contributed by atoms with E-state index in [4.69, 9.17) is 0 Å². The maximum absolute atomic E-state index is 13.5. The Morgan fingerprint density at radius 1 is 0.975 bits per heavy atom. The number of carbonyl (C=O) groups is 1. The molecule has 9 heteroatoms. The fourth-order valence-corrected chi connectivity index (χ4v) is 7.99. The largest absolute Gasteiger partial charge is 0.337 e. The van der Waals surface area contributed by atoms with E-state index in [1.807, 2.05) is 11.8 Å². The van der Waals surface area contributed by atoms with Crippen LogP contribution in [0.5, 0.6) is 0 Å². The lowest BCUT2D eigenvalue weighted by molar-refractivity contribution is 0.0570. The average molecular weight is 568 g/mol. The van der Waals surface area contributed by atoms with Crippen molar-refractivity contribution in [1.29, 1.82) is 0 Å². The SMILES string of the molecule is Cc1c(CCC2CCCC(c3ccccc3)C2)ncnc1C(=O)N1CCC(N2CCC(NS(C)(=O)=O)CC2)CC1. The van der Waals surface area contributed by atoms with Crippen LogP contribution >= 0.6 is 0 Å². The van der Waals surface area contributed by atoms with Crippen LogP contribution in [0.2, 0.25) is 0 Å². The van der Waals surface area contributed by atoms with Gasteiger partial charge in [0.25, 0.3) is 5.91 Å². The van der Waals surface area contributed by atoms with Crippen LogP contribution in [-0.2, 0) is 16.4 Å². The molecular weight excluding hydrogens is 522 g/mol. The average Bonchev–Trinajstić information content (AvgIpc) is 2.97. The van der Waals surface area contributed by atoms with E-state index < -0.39 is 10.0 Å². The molecule has 8 nitrogen and oxygen atoms in total. The zero-order valence-electron chi connectivity index (χ0n) is 24.1. The van der Waals surface area contributed by atoms with E-state index in [2.05, 4.69) is 49.9 Å². The second kappa shape index (κ2) is 13.1. The Morgan fingerprint density at radius 2 is 1.70 bits per heavy atom. The maximum atomic E-state index is 13.5. The van der Waals surface area contributed by atoms with Gasteiger partial charge in [-0.15, -0.1) is 0 Å². The van der Waals surface area contributed by atoms with Gasteiger partial charge in [0.2, 0.25) is 10.0 Å². The zero-order valence-corrected chi connectivity index (χ0v) is 24.9. The molecule has 2 atom stereocenters. The highest BCUT2D eigenvalue weighted by Gasteiger charge is 2.32. The topological polar surface area (TPSA) is 95.5 Å². The number of sulfonamides is 1. The number of nitrogens with zero attached hydrogens (tertiary/aromatic N) is 4. The van der Waals surface area contributed by atoms with E-state index in [0.717, 1.165) is 76.0 Å². The van der Waals surface area contributed by atoms with Crippen LogP contribution in [-0.4, -0.2) is 78.6 Å². The van der Waals surface area contributed by atoms with Crippen molar-refractivity contribution in [3.8, 4) is 0 Å². The van der Waals surface area contributed by atoms with Crippen molar-refractivity contribution < 1.29 is 13.2 Å². The molecule has 2 aromatic rings. The lowest BCUT2D eigenvalue weighted by atomic mass is 9.76. The predicted octanol–water partition coefficient (Wildman–Crippen LogP) is 4.31. The third-order valence-electron chi connectivity index (χ3n) is 9.41. The molecule has 0 spiro atoms. The fraction of sp³-hybridized carbons (Fsp3) is 0.645. The normalized spacial score (nSPS) is 23.8. The molecule has 1 saturated carbocycles. The van der Waals surface area contributed by atoms with Crippen LogP contribution in [0.1, 0.15) is 91.0 Å². The number of carbonyl (C=O) groups excluding carboxylic acids is 1. The third-order valence-corrected chi connectivity index (χ3v) is 10.2. The number of rotatable bonds is 8. The molecule has 2 aliphatic heterocycles. The predicted molar refractivity (Wildman–Crippen MR) is 158 cm³/mol. The number of piperidine rings is 2. The van der Waals surface area contributed by atoms with Gasteiger partial charge in [-0.25, -0.2) is 23.1 Å². The summed E-state index contributed by atoms with van der Waals surface area (Å²) in [5.41, 5.74) is 3.98. The van der Waals surface area contributed by atoms with Gasteiger partial charge in [0.05, 0.1) is 6.26 Å². The minimum atomic E-state index is -3.16. The molecule has 0 bridgehead atoms. The summed E-state index contributed by atoms with van der Waals surface area (Å²) >= 11 is 0. The Morgan fingerprint density at radius 3 is 2.40 bits per heavy atom. The molecule has 0 radical (unpaired) electrons. The van der Waals surface area contributed by atoms with Crippen molar-refractivity contribution in [3.63, 3.8) is 0 Å². The summed E-state index contributed by atoms with van der Waals surface area (Å²) in [4.78, 5) is 27.0. The monoisotopic (exact) mass is 567 g/mol. The van der Waals surface area contributed by atoms with Crippen LogP contribution in [0, 0.1) is 12.8 Å². The van der Waals surface area contributed by atoms with Crippen LogP contribution in [0.15, 0.2) is 36.7 Å². The molecule has 1 N–H and O–H groups in total. The van der Waals surface area contributed by atoms with Crippen molar-refractivity contribution in [2.75, 3.05) is 32.4 Å². The maximum Gasteiger partial charge on any atom is 0.272 e. The van der Waals surface area contributed by atoms with Crippen molar-refractivity contribution in [2.24, 2.45) is 5.92 Å². The number of likely N-dealkylation sites (tertiary alicyclic amines) is 2. The minimum absolute atomic E-state index is 0.0254. The summed E-state index contributed by atoms with van der Waals surface area (Å²) in [6, 6.07) is 11.4. The number of amides is 1. The highest BCUT2D eigenvalue weighted by Crippen LogP contribution is 2.38. The first-order valence-electron chi connectivity index (χ1n) is 15.1. The van der Waals surface area contributed by atoms with Crippen LogP contribution < -0.4 is 4.72 Å². The van der Waals surface area contributed by atoms with E-state index in [-0.39, 0.29) is 11.9 Å². The van der Waals surface area contributed by atoms with Gasteiger partial charge in [-0.1, -0.05) is 43.2 Å². The molecule has 3 aliphatic rings. The van der Waals surface area contributed by atoms with Gasteiger partial charge in [-0.3, -0.25) is 4.79 Å². The summed E-state index contributed by atoms with van der Waals surface area (Å²) in [5, 5.41) is 0. The smallest absolute Gasteiger partial charge is 0.272 e. The summed E-state index contributed by atoms with van der Waals surface area (Å²) in [7, 11) is -3.16. The van der Waals surface area contributed by atoms with Gasteiger partial charge in [-0.2, -0.15) is 0 Å². The van der Waals surface area contributed by atoms with E-state index >= 15 is 0 Å². The van der Waals surface area contributed by atoms with Gasteiger partial charge in [0.1, 0.15) is 12.0 Å². The molecule has 3 heterocycles. The van der Waals surface area contributed by atoms with Gasteiger partial charge < -0.3 is 9.80 Å². The van der Waals surface area contributed by atoms with E-state index in [1.165, 1.54) is 37.5 Å². The zero-order chi connectivity index (χ0) is 28.1. The number of hydrogen-bond donors (Lipinski definition) is 1. The summed E-state index contributed by atoms with van der Waals surface area (Å²) in [5.74, 6) is 1.37. The molecule has 3 fully saturated rings. The van der Waals surface area contributed by atoms with Gasteiger partial charge in [-0.05, 0) is 88.8 Å². The van der Waals surface area contributed by atoms with E-state index in [0.29, 0.717) is 23.6 Å². The quantitative estimate of drug-likeness (QED) is 0.511. The molecule has 1 aliphatic carbocycles. The molecule has 2 unspecified atom stereocenters. The number of aryl methyl sites for hydroxylation is 1. The lowest BCUT2D eigenvalue weighted by Crippen LogP contribution is -2.51. The van der Waals surface area contributed by atoms with Crippen molar-refractivity contribution in [2.45, 2.75) is 89.1 Å². The van der Waals surface area contributed by atoms with E-state index in [9.17, 15) is 13.2 Å². The Balaban J connectivity index is 1.11. The molecule has 218 valence electrons. The Hall–Kier alpha value is -2.36. The second-order valence-corrected chi connectivity index (χ2v) is 14.0. The Kier molecular flexibility index (Phi) is 9.53. The second-order valence-electron chi connectivity index (χ2n) is 12.2. The number of aromatic nitrogens is 2. The van der Waals surface area contributed by atoms with E-state index in [1.54, 1.807) is 6.33 Å². The van der Waals surface area contributed by atoms with Crippen LogP contribution in [0.4, 0.5) is 0 Å². The van der Waals surface area contributed by atoms with Crippen LogP contribution in [0.3, 0.4) is 0 Å². The summed E-state index contributed by atoms with van der Waals surface area (Å²) in [6.07, 6.45) is 13.4. The molecule has 1 amide bonds. The Labute approximate surface area is 240 Å². The molecule has 2 saturated heterocycles. The standard InChI is InChI=1S/C31H45N5O3S/c1-23-29(12-11-24-7-6-10-26(21-24)25-8-4-3-5-9-25)32-22-33-30(23)31(37)36-19-15-28(16-20-36)35-17-13-27(14-18-35)34-40(2,38)39/h3-5,8-9,22,24,26-28,34H,6-7,10-21H2,1-2H3. The molecular formula is C31H45N5O3S. The summed E-state index contributed by atoms with van der Waals surface area (Å²) < 4.78 is 25.8. The summed E-state index contributed by atoms with van der Waals surface area (Å²) in [6.45, 7) is 5.26. The Bertz CT molecular complexity index is 1240. The van der Waals surface area contributed by atoms with Crippen molar-refractivity contribution in [3.05, 3.63) is 59.2 Å². The number of hydrogen-bond acceptors (Lipinski definition) is 6. The van der Waals surface area contributed by atoms with Gasteiger partial charge in [0, 0.05) is 36.4 Å². The lowest BCUT2D eigenvalue weighted by Gasteiger charge is -2.41. The molecule has 1 aromatic carbocycles. The minimum Gasteiger partial charge on any atom is -0.337 e. The first-order chi connectivity index (χ1) is 19.3. The van der Waals surface area contributed by atoms with Crippen molar-refractivity contribution >= 4 is 15.9 Å². The van der Waals surface area contributed by atoms with Gasteiger partial charge in [0.15, 0.2) is 0 Å². The highest BCUT2D eigenvalue weighted by molar-refractivity contribution is 7.88. The number of benzene rings is 1. The molecule has 40 heavy (non-hydrogen) atoms. The first-order valence-corrected chi connectivity index (χ1v) is 17.0. The number of nitrogens with one attached hydrogen (secondary N) is 1. The highest BCUT2D eigenvalue weighted by atomic mass is 32.2. The fourth-order valence-electron chi connectivity index (χ4n) is 7.15. The van der Waals surface area contributed by atoms with Crippen LogP contribution in [0.25, 0.3) is 0 Å². The third kappa shape index (κ3) is 7.47.